The van der Waals surface area contributed by atoms with Crippen LogP contribution < -0.4 is 16.2 Å². The Hall–Kier alpha value is -3.68. The van der Waals surface area contributed by atoms with Crippen molar-refractivity contribution in [3.63, 3.8) is 0 Å². The predicted molar refractivity (Wildman–Crippen MR) is 97.7 cm³/mol. The minimum absolute atomic E-state index is 0.0754. The molecule has 0 fully saturated rings. The molecule has 0 saturated heterocycles. The summed E-state index contributed by atoms with van der Waals surface area (Å²) in [5.74, 6) is -1.81. The zero-order chi connectivity index (χ0) is 19.6. The first-order valence-electron chi connectivity index (χ1n) is 8.12. The Balaban J connectivity index is 1.83. The van der Waals surface area contributed by atoms with Gasteiger partial charge in [0.25, 0.3) is 11.8 Å². The first kappa shape index (κ1) is 19.6. The van der Waals surface area contributed by atoms with Gasteiger partial charge in [-0.1, -0.05) is 18.2 Å². The quantitative estimate of drug-likeness (QED) is 0.529. The number of nitrogens with one attached hydrogen (secondary N) is 3. The number of ether oxygens (including phenoxy) is 1. The fourth-order valence-electron chi connectivity index (χ4n) is 2.08. The first-order valence-corrected chi connectivity index (χ1v) is 8.12. The Morgan fingerprint density at radius 2 is 1.41 bits per heavy atom. The van der Waals surface area contributed by atoms with E-state index in [0.717, 1.165) is 0 Å². The molecule has 140 valence electrons. The molecule has 0 saturated carbocycles. The van der Waals surface area contributed by atoms with Crippen LogP contribution in [-0.4, -0.2) is 30.8 Å². The van der Waals surface area contributed by atoms with Gasteiger partial charge in [0.2, 0.25) is 5.91 Å². The maximum atomic E-state index is 12.1. The normalized spacial score (nSPS) is 9.81. The molecule has 0 heterocycles. The van der Waals surface area contributed by atoms with Crippen molar-refractivity contribution in [2.75, 3.05) is 12.4 Å². The molecule has 2 aromatic carbocycles. The van der Waals surface area contributed by atoms with Gasteiger partial charge in [-0.15, -0.1) is 0 Å². The summed E-state index contributed by atoms with van der Waals surface area (Å²) in [5.41, 5.74) is 5.81. The monoisotopic (exact) mass is 369 g/mol. The van der Waals surface area contributed by atoms with Crippen LogP contribution in [0.25, 0.3) is 0 Å². The van der Waals surface area contributed by atoms with Crippen molar-refractivity contribution in [2.24, 2.45) is 0 Å². The van der Waals surface area contributed by atoms with Crippen LogP contribution in [0.4, 0.5) is 5.69 Å². The second-order valence-corrected chi connectivity index (χ2v) is 5.48. The second-order valence-electron chi connectivity index (χ2n) is 5.48. The van der Waals surface area contributed by atoms with Crippen molar-refractivity contribution < 1.29 is 23.9 Å². The molecule has 8 heteroatoms. The lowest BCUT2D eigenvalue weighted by atomic mass is 10.1. The molecule has 0 bridgehead atoms. The molecule has 0 aliphatic carbocycles. The van der Waals surface area contributed by atoms with Crippen LogP contribution in [0.2, 0.25) is 0 Å². The maximum absolute atomic E-state index is 12.1. The van der Waals surface area contributed by atoms with Gasteiger partial charge in [-0.2, -0.15) is 0 Å². The van der Waals surface area contributed by atoms with Crippen molar-refractivity contribution in [3.8, 4) is 0 Å². The highest BCUT2D eigenvalue weighted by atomic mass is 16.5. The highest BCUT2D eigenvalue weighted by Gasteiger charge is 2.10. The summed E-state index contributed by atoms with van der Waals surface area (Å²) >= 11 is 0. The third-order valence-corrected chi connectivity index (χ3v) is 3.54. The molecule has 27 heavy (non-hydrogen) atoms. The Labute approximate surface area is 155 Å². The average Bonchev–Trinajstić information content (AvgIpc) is 2.71. The smallest absolute Gasteiger partial charge is 0.306 e. The van der Waals surface area contributed by atoms with Crippen LogP contribution >= 0.6 is 0 Å². The lowest BCUT2D eigenvalue weighted by molar-refractivity contribution is -0.142. The van der Waals surface area contributed by atoms with E-state index in [2.05, 4.69) is 20.9 Å². The Kier molecular flexibility index (Phi) is 7.07. The number of rotatable bonds is 6. The Morgan fingerprint density at radius 1 is 0.778 bits per heavy atom. The fraction of sp³-hybridized carbons (Fsp3) is 0.158. The fourth-order valence-corrected chi connectivity index (χ4v) is 2.08. The van der Waals surface area contributed by atoms with E-state index >= 15 is 0 Å². The summed E-state index contributed by atoms with van der Waals surface area (Å²) in [6.07, 6.45) is -0.175. The molecule has 0 radical (unpaired) electrons. The number of carbonyl (C=O) groups excluding carboxylic acids is 4. The van der Waals surface area contributed by atoms with E-state index in [0.29, 0.717) is 16.8 Å². The number of hydrogen-bond acceptors (Lipinski definition) is 5. The SMILES string of the molecule is COC(=O)CCC(=O)NNC(=O)c1ccc(NC(=O)c2ccccc2)cc1. The van der Waals surface area contributed by atoms with Crippen LogP contribution in [0.1, 0.15) is 33.6 Å². The van der Waals surface area contributed by atoms with E-state index in [1.165, 1.54) is 19.2 Å². The zero-order valence-electron chi connectivity index (χ0n) is 14.7. The summed E-state index contributed by atoms with van der Waals surface area (Å²) in [6.45, 7) is 0. The van der Waals surface area contributed by atoms with E-state index in [9.17, 15) is 19.2 Å². The van der Waals surface area contributed by atoms with E-state index in [4.69, 9.17) is 0 Å². The Morgan fingerprint density at radius 3 is 2.04 bits per heavy atom. The van der Waals surface area contributed by atoms with Gasteiger partial charge in [0.05, 0.1) is 13.5 Å². The van der Waals surface area contributed by atoms with Gasteiger partial charge in [0.1, 0.15) is 0 Å². The van der Waals surface area contributed by atoms with Crippen molar-refractivity contribution >= 4 is 29.4 Å². The Bertz CT molecular complexity index is 819. The highest BCUT2D eigenvalue weighted by Crippen LogP contribution is 2.11. The van der Waals surface area contributed by atoms with Gasteiger partial charge in [-0.25, -0.2) is 0 Å². The number of benzene rings is 2. The standard InChI is InChI=1S/C19H19N3O5/c1-27-17(24)12-11-16(23)21-22-19(26)14-7-9-15(10-8-14)20-18(25)13-5-3-2-4-6-13/h2-10H,11-12H2,1H3,(H,20,25)(H,21,23)(H,22,26). The topological polar surface area (TPSA) is 114 Å². The van der Waals surface area contributed by atoms with Crippen LogP contribution in [-0.2, 0) is 14.3 Å². The summed E-state index contributed by atoms with van der Waals surface area (Å²) in [6, 6.07) is 14.9. The molecule has 2 rings (SSSR count). The number of carbonyl (C=O) groups is 4. The maximum Gasteiger partial charge on any atom is 0.306 e. The zero-order valence-corrected chi connectivity index (χ0v) is 14.7. The number of esters is 1. The van der Waals surface area contributed by atoms with Crippen LogP contribution in [0.5, 0.6) is 0 Å². The van der Waals surface area contributed by atoms with Gasteiger partial charge in [0, 0.05) is 23.2 Å². The third-order valence-electron chi connectivity index (χ3n) is 3.54. The molecular weight excluding hydrogens is 350 g/mol. The molecule has 3 N–H and O–H groups in total. The average molecular weight is 369 g/mol. The molecule has 0 aliphatic rings. The highest BCUT2D eigenvalue weighted by molar-refractivity contribution is 6.04. The number of methoxy groups -OCH3 is 1. The molecule has 0 atom stereocenters. The van der Waals surface area contributed by atoms with Crippen LogP contribution in [0, 0.1) is 0 Å². The molecule has 0 aliphatic heterocycles. The van der Waals surface area contributed by atoms with E-state index in [-0.39, 0.29) is 18.7 Å². The molecule has 0 unspecified atom stereocenters. The third kappa shape index (κ3) is 6.28. The van der Waals surface area contributed by atoms with Gasteiger partial charge < -0.3 is 10.1 Å². The van der Waals surface area contributed by atoms with Crippen molar-refractivity contribution in [1.29, 1.82) is 0 Å². The predicted octanol–water partition coefficient (Wildman–Crippen LogP) is 1.65. The number of anilines is 1. The second kappa shape index (κ2) is 9.71. The molecule has 0 spiro atoms. The minimum Gasteiger partial charge on any atom is -0.469 e. The first-order chi connectivity index (χ1) is 13.0. The van der Waals surface area contributed by atoms with Crippen molar-refractivity contribution in [1.82, 2.24) is 10.9 Å². The number of amides is 3. The number of hydrazine groups is 1. The molecule has 0 aromatic heterocycles. The van der Waals surface area contributed by atoms with Gasteiger partial charge in [-0.05, 0) is 36.4 Å². The van der Waals surface area contributed by atoms with Crippen molar-refractivity contribution in [2.45, 2.75) is 12.8 Å². The van der Waals surface area contributed by atoms with E-state index < -0.39 is 17.8 Å². The van der Waals surface area contributed by atoms with Gasteiger partial charge in [0.15, 0.2) is 0 Å². The molecular formula is C19H19N3O5. The molecule has 8 nitrogen and oxygen atoms in total. The minimum atomic E-state index is -0.526. The van der Waals surface area contributed by atoms with Crippen LogP contribution in [0.15, 0.2) is 54.6 Å². The summed E-state index contributed by atoms with van der Waals surface area (Å²) in [4.78, 5) is 46.5. The molecule has 2 aromatic rings. The van der Waals surface area contributed by atoms with E-state index in [1.54, 1.807) is 36.4 Å². The van der Waals surface area contributed by atoms with Crippen molar-refractivity contribution in [3.05, 3.63) is 65.7 Å². The summed E-state index contributed by atoms with van der Waals surface area (Å²) in [7, 11) is 1.23. The summed E-state index contributed by atoms with van der Waals surface area (Å²) in [5, 5.41) is 2.72. The van der Waals surface area contributed by atoms with Gasteiger partial charge >= 0.3 is 5.97 Å². The lowest BCUT2D eigenvalue weighted by Crippen LogP contribution is -2.41. The summed E-state index contributed by atoms with van der Waals surface area (Å²) < 4.78 is 4.43. The van der Waals surface area contributed by atoms with Crippen LogP contribution in [0.3, 0.4) is 0 Å². The number of hydrogen-bond donors (Lipinski definition) is 3. The largest absolute Gasteiger partial charge is 0.469 e. The van der Waals surface area contributed by atoms with E-state index in [1.807, 2.05) is 6.07 Å². The lowest BCUT2D eigenvalue weighted by Gasteiger charge is -2.08. The van der Waals surface area contributed by atoms with Gasteiger partial charge in [-0.3, -0.25) is 30.0 Å². The molecule has 3 amide bonds.